The molecule has 0 aliphatic rings. The molecule has 0 aliphatic carbocycles. The maximum absolute atomic E-state index is 13.9. The fourth-order valence-corrected chi connectivity index (χ4v) is 9.33. The molecule has 9 rings (SSSR count). The fraction of sp³-hybridized carbons (Fsp3) is 0.182. The zero-order valence-corrected chi connectivity index (χ0v) is 56.1. The van der Waals surface area contributed by atoms with Crippen LogP contribution in [-0.4, -0.2) is 32.7 Å². The van der Waals surface area contributed by atoms with E-state index >= 15 is 0 Å². The van der Waals surface area contributed by atoms with Gasteiger partial charge in [-0.05, 0) is 12.8 Å². The summed E-state index contributed by atoms with van der Waals surface area (Å²) in [6.07, 6.45) is 7.70. The van der Waals surface area contributed by atoms with Crippen LogP contribution in [0.4, 0.5) is 203 Å². The van der Waals surface area contributed by atoms with Gasteiger partial charge in [0.15, 0.2) is 209 Å². The molecule has 9 aromatic rings. The summed E-state index contributed by atoms with van der Waals surface area (Å²) < 4.78 is 608. The standard InChI is InChI=1S/C18H26F5N.4C12F10.Al.H2O.O/c1-3-5-6-7-8-9-10-12-24(11-4-2)18-16(22)14(20)13(19)15(21)17(18)23;4*13-3-1(4(14)8(18)11(21)7(3)17)2-5(15)9(19)12(22)10(20)6(2)16;;;/h3-12H2,1-2H3;;;;;;1H2;/q;;;;;+1;;/p-1. The first-order valence-corrected chi connectivity index (χ1v) is 30.8. The number of hydrogen-bond acceptors (Lipinski definition) is 2. The Hall–Kier alpha value is -10.2. The van der Waals surface area contributed by atoms with Crippen LogP contribution >= 0.6 is 0 Å². The minimum absolute atomic E-state index is 0.244. The molecule has 0 amide bonds. The summed E-state index contributed by atoms with van der Waals surface area (Å²) in [6.45, 7) is 4.45. The summed E-state index contributed by atoms with van der Waals surface area (Å²) in [5, 5.41) is 0. The van der Waals surface area contributed by atoms with E-state index in [1.54, 1.807) is 6.92 Å². The topological polar surface area (TPSA) is 40.5 Å². The van der Waals surface area contributed by atoms with E-state index in [9.17, 15) is 198 Å². The van der Waals surface area contributed by atoms with Crippen molar-refractivity contribution in [3.8, 4) is 44.5 Å². The molecule has 49 heteroatoms. The van der Waals surface area contributed by atoms with Crippen molar-refractivity contribution in [3.05, 3.63) is 262 Å². The second kappa shape index (κ2) is 39.9. The van der Waals surface area contributed by atoms with E-state index in [0.717, 1.165) is 32.1 Å². The van der Waals surface area contributed by atoms with Crippen LogP contribution in [-0.2, 0) is 3.80 Å². The van der Waals surface area contributed by atoms with E-state index in [-0.39, 0.29) is 13.1 Å². The van der Waals surface area contributed by atoms with E-state index in [1.165, 1.54) is 11.3 Å². The van der Waals surface area contributed by atoms with Crippen molar-refractivity contribution in [2.75, 3.05) is 18.0 Å². The zero-order valence-electron chi connectivity index (χ0n) is 55.0. The van der Waals surface area contributed by atoms with Crippen molar-refractivity contribution in [1.29, 1.82) is 0 Å². The molecule has 3 nitrogen and oxygen atoms in total. The Labute approximate surface area is 614 Å². The third-order valence-electron chi connectivity index (χ3n) is 14.7. The fourth-order valence-electron chi connectivity index (χ4n) is 9.33. The molecule has 0 saturated heterocycles. The molecule has 626 valence electrons. The molecule has 0 saturated carbocycles. The summed E-state index contributed by atoms with van der Waals surface area (Å²) in [4.78, 5) is 1.27. The predicted octanol–water partition coefficient (Wildman–Crippen LogP) is 24.3. The molecule has 115 heavy (non-hydrogen) atoms. The predicted molar refractivity (Wildman–Crippen MR) is 301 cm³/mol. The number of unbranched alkanes of at least 4 members (excludes halogenated alkanes) is 6. The SMILES string of the molecule is CCCCCCCCCN(CCC)c1c(F)c(F)c(F)c(F)c1F.Fc1c(F)c(F)c(-c2c(F)c(F)c(F)c(F)c2F)c(F)c1F.Fc1c(F)c(F)c(-c2c(F)c(F)c(F)c(F)c2F)c(F)c1F.Fc1c(F)c(F)c(-c2c(F)c(F)c(F)c(F)c2F)c(F)c1F.Fc1c(F)c(F)c(-c2c(F)c(F)c(F)c(F)c2F)c(F)c1F.[O]=[Al][OH]. The molecule has 0 bridgehead atoms. The van der Waals surface area contributed by atoms with Crippen molar-refractivity contribution in [2.24, 2.45) is 0 Å². The Balaban J connectivity index is 0.000000300. The van der Waals surface area contributed by atoms with E-state index in [1.807, 2.05) is 0 Å². The van der Waals surface area contributed by atoms with Gasteiger partial charge in [-0.15, -0.1) is 0 Å². The van der Waals surface area contributed by atoms with Gasteiger partial charge in [-0.2, -0.15) is 0 Å². The van der Waals surface area contributed by atoms with Gasteiger partial charge < -0.3 is 4.90 Å². The van der Waals surface area contributed by atoms with Gasteiger partial charge >= 0.3 is 23.4 Å². The molecule has 0 spiro atoms. The van der Waals surface area contributed by atoms with Gasteiger partial charge in [0.25, 0.3) is 0 Å². The van der Waals surface area contributed by atoms with Crippen molar-refractivity contribution < 1.29 is 206 Å². The molecule has 1 N–H and O–H groups in total. The molecule has 9 aromatic carbocycles. The van der Waals surface area contributed by atoms with Crippen LogP contribution in [0.5, 0.6) is 0 Å². The summed E-state index contributed by atoms with van der Waals surface area (Å²) in [6, 6.07) is 0. The van der Waals surface area contributed by atoms with Crippen molar-refractivity contribution in [2.45, 2.75) is 65.2 Å². The third-order valence-corrected chi connectivity index (χ3v) is 14.7. The molecule has 0 atom stereocenters. The Morgan fingerprint density at radius 1 is 0.174 bits per heavy atom. The first-order chi connectivity index (χ1) is 53.3. The van der Waals surface area contributed by atoms with Gasteiger partial charge in [-0.25, -0.2) is 198 Å². The van der Waals surface area contributed by atoms with Gasteiger partial charge in [-0.1, -0.05) is 52.4 Å². The van der Waals surface area contributed by atoms with Crippen molar-refractivity contribution in [3.63, 3.8) is 0 Å². The average molecular weight is 1750 g/mol. The second-order valence-electron chi connectivity index (χ2n) is 21.7. The Kier molecular flexibility index (Phi) is 33.7. The zero-order chi connectivity index (χ0) is 88.5. The molecular formula is C66H27AlF45NO2. The number of rotatable bonds is 15. The van der Waals surface area contributed by atoms with Crippen LogP contribution < -0.4 is 4.90 Å². The summed E-state index contributed by atoms with van der Waals surface area (Å²) in [7, 11) is 0. The monoisotopic (exact) mass is 1750 g/mol. The summed E-state index contributed by atoms with van der Waals surface area (Å²) in [5.74, 6) is -116. The molecule has 0 heterocycles. The second-order valence-corrected chi connectivity index (χ2v) is 21.9. The van der Waals surface area contributed by atoms with Crippen LogP contribution in [0.1, 0.15) is 65.2 Å². The van der Waals surface area contributed by atoms with E-state index in [4.69, 9.17) is 7.96 Å². The molecule has 0 radical (unpaired) electrons. The molecule has 0 aliphatic heterocycles. The quantitative estimate of drug-likeness (QED) is 0.0366. The van der Waals surface area contributed by atoms with Gasteiger partial charge in [0.05, 0.1) is 44.5 Å². The Morgan fingerprint density at radius 2 is 0.287 bits per heavy atom. The molecule has 0 unspecified atom stereocenters. The van der Waals surface area contributed by atoms with E-state index < -0.39 is 327 Å². The molecular weight excluding hydrogens is 1720 g/mol. The average Bonchev–Trinajstić information content (AvgIpc) is 0.764. The summed E-state index contributed by atoms with van der Waals surface area (Å²) >= 11 is -1.50. The van der Waals surface area contributed by atoms with Gasteiger partial charge in [0.1, 0.15) is 5.69 Å². The first kappa shape index (κ1) is 97.1. The number of benzene rings is 9. The van der Waals surface area contributed by atoms with Crippen LogP contribution in [0.2, 0.25) is 0 Å². The Bertz CT molecular complexity index is 4180. The van der Waals surface area contributed by atoms with Crippen molar-refractivity contribution in [1.82, 2.24) is 0 Å². The Morgan fingerprint density at radius 3 is 0.417 bits per heavy atom. The normalized spacial score (nSPS) is 10.9. The van der Waals surface area contributed by atoms with Gasteiger partial charge in [0, 0.05) is 13.1 Å². The van der Waals surface area contributed by atoms with Crippen molar-refractivity contribution >= 4 is 21.2 Å². The number of halogens is 45. The molecule has 0 fully saturated rings. The summed E-state index contributed by atoms with van der Waals surface area (Å²) in [5.41, 5.74) is -18.9. The molecule has 0 aromatic heterocycles. The number of anilines is 1. The maximum atomic E-state index is 13.9. The van der Waals surface area contributed by atoms with Gasteiger partial charge in [-0.3, -0.25) is 0 Å². The van der Waals surface area contributed by atoms with Crippen LogP contribution in [0.25, 0.3) is 44.5 Å². The first-order valence-electron chi connectivity index (χ1n) is 29.8. The number of hydrogen-bond donors (Lipinski definition) is 1. The van der Waals surface area contributed by atoms with Crippen LogP contribution in [0.3, 0.4) is 0 Å². The van der Waals surface area contributed by atoms with Crippen LogP contribution in [0, 0.1) is 262 Å². The van der Waals surface area contributed by atoms with E-state index in [0.29, 0.717) is 12.8 Å². The number of nitrogens with zero attached hydrogens (tertiary/aromatic N) is 1. The minimum atomic E-state index is -2.68. The third kappa shape index (κ3) is 19.0. The van der Waals surface area contributed by atoms with Crippen LogP contribution in [0.15, 0.2) is 0 Å². The van der Waals surface area contributed by atoms with Gasteiger partial charge in [0.2, 0.25) is 52.4 Å². The van der Waals surface area contributed by atoms with E-state index in [2.05, 4.69) is 6.92 Å².